The van der Waals surface area contributed by atoms with Crippen LogP contribution in [0.4, 0.5) is 0 Å². The lowest BCUT2D eigenvalue weighted by Gasteiger charge is -2.32. The average molecular weight is 671 g/mol. The van der Waals surface area contributed by atoms with Gasteiger partial charge in [-0.1, -0.05) is 128 Å². The predicted octanol–water partition coefficient (Wildman–Crippen LogP) is 9.15. The maximum atomic E-state index is 14.4. The monoisotopic (exact) mass is 670 g/mol. The van der Waals surface area contributed by atoms with Crippen molar-refractivity contribution in [2.45, 2.75) is 24.5 Å². The fourth-order valence-electron chi connectivity index (χ4n) is 6.74. The maximum Gasteiger partial charge on any atom is 0.310 e. The average Bonchev–Trinajstić information content (AvgIpc) is 3.14. The SMILES string of the molecule is CC(c1ccc(C(O)P2(=O)Oc3ccccc3-c3ccccc32)cc1)c1ccc(C(O)P2(=O)Oc3ccccc3-c3ccccc32)cc1. The summed E-state index contributed by atoms with van der Waals surface area (Å²) in [6.45, 7) is 2.07. The highest BCUT2D eigenvalue weighted by atomic mass is 31.2. The van der Waals surface area contributed by atoms with Gasteiger partial charge in [-0.25, -0.2) is 0 Å². The summed E-state index contributed by atoms with van der Waals surface area (Å²) >= 11 is 0. The highest BCUT2D eigenvalue weighted by Crippen LogP contribution is 2.63. The zero-order valence-corrected chi connectivity index (χ0v) is 27.8. The Bertz CT molecular complexity index is 2100. The van der Waals surface area contributed by atoms with E-state index in [1.807, 2.05) is 97.1 Å². The Morgan fingerprint density at radius 3 is 1.15 bits per heavy atom. The van der Waals surface area contributed by atoms with Crippen LogP contribution in [0.5, 0.6) is 11.5 Å². The molecular weight excluding hydrogens is 638 g/mol. The van der Waals surface area contributed by atoms with Crippen molar-refractivity contribution in [3.63, 3.8) is 0 Å². The Labute approximate surface area is 279 Å². The second-order valence-corrected chi connectivity index (χ2v) is 16.9. The van der Waals surface area contributed by atoms with Crippen LogP contribution in [0, 0.1) is 0 Å². The Morgan fingerprint density at radius 2 is 0.750 bits per heavy atom. The quantitative estimate of drug-likeness (QED) is 0.172. The lowest BCUT2D eigenvalue weighted by Crippen LogP contribution is -2.22. The smallest absolute Gasteiger partial charge is 0.310 e. The molecular formula is C40H32O6P2. The molecule has 0 saturated heterocycles. The van der Waals surface area contributed by atoms with Crippen LogP contribution in [-0.4, -0.2) is 10.2 Å². The van der Waals surface area contributed by atoms with Crippen LogP contribution in [0.2, 0.25) is 0 Å². The van der Waals surface area contributed by atoms with Gasteiger partial charge in [0.2, 0.25) is 0 Å². The molecule has 48 heavy (non-hydrogen) atoms. The van der Waals surface area contributed by atoms with Gasteiger partial charge in [0.1, 0.15) is 11.5 Å². The van der Waals surface area contributed by atoms with Gasteiger partial charge in [0.05, 0.1) is 10.6 Å². The minimum absolute atomic E-state index is 0.0357. The standard InChI is InChI=1S/C40H32O6P2/c1-26(27-18-22-29(23-19-27)39(41)47(43)37-16-8-4-12-33(37)31-10-2-6-14-35(31)45-47)28-20-24-30(25-21-28)40(42)48(44)38-17-9-5-13-34(38)32-11-3-7-15-36(32)46-48/h2-26,39-42H,1H3. The molecule has 0 spiro atoms. The maximum absolute atomic E-state index is 14.4. The zero-order chi connectivity index (χ0) is 33.0. The Morgan fingerprint density at radius 1 is 0.438 bits per heavy atom. The van der Waals surface area contributed by atoms with Crippen molar-refractivity contribution in [1.82, 2.24) is 0 Å². The van der Waals surface area contributed by atoms with Gasteiger partial charge in [-0.15, -0.1) is 0 Å². The molecule has 0 aromatic heterocycles. The van der Waals surface area contributed by atoms with Gasteiger partial charge in [-0.3, -0.25) is 9.13 Å². The summed E-state index contributed by atoms with van der Waals surface area (Å²) in [5.74, 6) is -1.75. The van der Waals surface area contributed by atoms with Crippen LogP contribution < -0.4 is 19.7 Å². The zero-order valence-electron chi connectivity index (χ0n) is 26.0. The Kier molecular flexibility index (Phi) is 7.51. The number of aliphatic hydroxyl groups excluding tert-OH is 2. The predicted molar refractivity (Wildman–Crippen MR) is 190 cm³/mol. The lowest BCUT2D eigenvalue weighted by molar-refractivity contribution is 0.240. The first kappa shape index (κ1) is 30.6. The summed E-state index contributed by atoms with van der Waals surface area (Å²) in [6, 6.07) is 44.5. The van der Waals surface area contributed by atoms with E-state index in [1.165, 1.54) is 0 Å². The molecule has 0 aliphatic carbocycles. The fourth-order valence-corrected chi connectivity index (χ4v) is 11.3. The summed E-state index contributed by atoms with van der Waals surface area (Å²) in [5.41, 5.74) is 6.28. The summed E-state index contributed by atoms with van der Waals surface area (Å²) in [6.07, 6.45) is 0. The van der Waals surface area contributed by atoms with Crippen molar-refractivity contribution >= 4 is 25.3 Å². The molecule has 2 aliphatic heterocycles. The molecule has 0 bridgehead atoms. The fraction of sp³-hybridized carbons (Fsp3) is 0.100. The molecule has 8 heteroatoms. The van der Waals surface area contributed by atoms with Crippen molar-refractivity contribution in [1.29, 1.82) is 0 Å². The van der Waals surface area contributed by atoms with Gasteiger partial charge < -0.3 is 19.3 Å². The van der Waals surface area contributed by atoms with Gasteiger partial charge in [0, 0.05) is 17.0 Å². The van der Waals surface area contributed by atoms with Crippen molar-refractivity contribution in [2.24, 2.45) is 0 Å². The molecule has 0 radical (unpaired) electrons. The van der Waals surface area contributed by atoms with Crippen LogP contribution in [0.15, 0.2) is 146 Å². The third kappa shape index (κ3) is 4.87. The van der Waals surface area contributed by atoms with E-state index < -0.39 is 26.4 Å². The third-order valence-corrected chi connectivity index (χ3v) is 14.4. The second kappa shape index (κ2) is 11.8. The van der Waals surface area contributed by atoms with E-state index in [0.29, 0.717) is 33.2 Å². The largest absolute Gasteiger partial charge is 0.437 e. The van der Waals surface area contributed by atoms with E-state index >= 15 is 0 Å². The number of para-hydroxylation sites is 2. The molecule has 6 nitrogen and oxygen atoms in total. The molecule has 0 fully saturated rings. The minimum atomic E-state index is -3.72. The minimum Gasteiger partial charge on any atom is -0.437 e. The first-order valence-corrected chi connectivity index (χ1v) is 19.2. The molecule has 4 unspecified atom stereocenters. The second-order valence-electron chi connectivity index (χ2n) is 12.2. The summed E-state index contributed by atoms with van der Waals surface area (Å²) < 4.78 is 40.9. The van der Waals surface area contributed by atoms with Gasteiger partial charge >= 0.3 is 14.7 Å². The highest BCUT2D eigenvalue weighted by Gasteiger charge is 2.44. The Balaban J connectivity index is 1.03. The third-order valence-electron chi connectivity index (χ3n) is 9.42. The van der Waals surface area contributed by atoms with E-state index in [4.69, 9.17) is 9.05 Å². The van der Waals surface area contributed by atoms with Crippen molar-refractivity contribution < 1.29 is 28.4 Å². The van der Waals surface area contributed by atoms with Crippen molar-refractivity contribution in [2.75, 3.05) is 0 Å². The van der Waals surface area contributed by atoms with Gasteiger partial charge in [-0.2, -0.15) is 0 Å². The lowest BCUT2D eigenvalue weighted by atomic mass is 9.92. The van der Waals surface area contributed by atoms with Crippen LogP contribution in [0.3, 0.4) is 0 Å². The molecule has 0 saturated carbocycles. The van der Waals surface area contributed by atoms with E-state index in [-0.39, 0.29) is 5.92 Å². The number of hydrogen-bond donors (Lipinski definition) is 2. The number of fused-ring (bicyclic) bond motifs is 6. The van der Waals surface area contributed by atoms with Gasteiger partial charge in [0.25, 0.3) is 0 Å². The van der Waals surface area contributed by atoms with E-state index in [9.17, 15) is 19.3 Å². The molecule has 0 amide bonds. The molecule has 2 N–H and O–H groups in total. The molecule has 6 aromatic carbocycles. The van der Waals surface area contributed by atoms with Crippen LogP contribution in [0.1, 0.15) is 46.8 Å². The Hall–Kier alpha value is -4.70. The highest BCUT2D eigenvalue weighted by molar-refractivity contribution is 7.68. The first-order valence-electron chi connectivity index (χ1n) is 15.8. The normalized spacial score (nSPS) is 20.8. The van der Waals surface area contributed by atoms with Crippen LogP contribution in [-0.2, 0) is 9.13 Å². The molecule has 2 heterocycles. The van der Waals surface area contributed by atoms with E-state index in [1.54, 1.807) is 48.5 Å². The molecule has 6 aromatic rings. The van der Waals surface area contributed by atoms with Crippen molar-refractivity contribution in [3.8, 4) is 33.8 Å². The van der Waals surface area contributed by atoms with Gasteiger partial charge in [0.15, 0.2) is 11.7 Å². The number of benzene rings is 6. The van der Waals surface area contributed by atoms with E-state index in [2.05, 4.69) is 6.92 Å². The molecule has 238 valence electrons. The number of rotatable bonds is 6. The van der Waals surface area contributed by atoms with Crippen LogP contribution in [0.25, 0.3) is 22.3 Å². The molecule has 2 aliphatic rings. The molecule has 4 atom stereocenters. The number of hydrogen-bond acceptors (Lipinski definition) is 6. The summed E-state index contributed by atoms with van der Waals surface area (Å²) in [5, 5.41) is 24.0. The van der Waals surface area contributed by atoms with Gasteiger partial charge in [-0.05, 0) is 57.6 Å². The summed E-state index contributed by atoms with van der Waals surface area (Å²) in [4.78, 5) is 0. The summed E-state index contributed by atoms with van der Waals surface area (Å²) in [7, 11) is -7.44. The van der Waals surface area contributed by atoms with E-state index in [0.717, 1.165) is 33.4 Å². The van der Waals surface area contributed by atoms with Crippen LogP contribution >= 0.6 is 14.7 Å². The topological polar surface area (TPSA) is 93.1 Å². The first-order chi connectivity index (χ1) is 23.3. The molecule has 8 rings (SSSR count). The van der Waals surface area contributed by atoms with Crippen molar-refractivity contribution in [3.05, 3.63) is 168 Å². The number of aliphatic hydroxyl groups is 2.